The number of nitrogens with one attached hydrogen (secondary N) is 1. The molecule has 0 fully saturated rings. The second-order valence-corrected chi connectivity index (χ2v) is 12.6. The lowest BCUT2D eigenvalue weighted by molar-refractivity contribution is -0.121. The Hall–Kier alpha value is -2.30. The van der Waals surface area contributed by atoms with E-state index < -0.39 is 0 Å². The number of hydrogen-bond acceptors (Lipinski definition) is 7. The number of ether oxygens (including phenoxy) is 4. The van der Waals surface area contributed by atoms with Crippen molar-refractivity contribution in [1.29, 1.82) is 0 Å². The van der Waals surface area contributed by atoms with Crippen LogP contribution in [0.5, 0.6) is 11.5 Å². The summed E-state index contributed by atoms with van der Waals surface area (Å²) in [6, 6.07) is 5.56. The van der Waals surface area contributed by atoms with Gasteiger partial charge in [-0.3, -0.25) is 9.59 Å². The van der Waals surface area contributed by atoms with Gasteiger partial charge in [-0.15, -0.1) is 0 Å². The van der Waals surface area contributed by atoms with Gasteiger partial charge in [-0.25, -0.2) is 4.84 Å². The standard InChI is InChI=1S/C38H55ClINO6/c1-3-5-7-9-11-13-24-44-35-21-17-31(27-37(35)46-26-23-41-39)15-19-33(42)29-34(43)20-16-32-18-22-36(38(28-32)47-30-40)45-25-14-12-10-8-6-4-2/h15-17,19-21,27-28,41H,3-14,18,22-26,29-30H2,1-2H3/b19-15+,20-16+. The van der Waals surface area contributed by atoms with Crippen LogP contribution in [0.1, 0.15) is 116 Å². The molecule has 0 aliphatic heterocycles. The van der Waals surface area contributed by atoms with E-state index in [0.717, 1.165) is 54.8 Å². The van der Waals surface area contributed by atoms with E-state index in [1.165, 1.54) is 69.9 Å². The average Bonchev–Trinajstić information content (AvgIpc) is 3.07. The summed E-state index contributed by atoms with van der Waals surface area (Å²) in [5.74, 6) is 2.33. The highest BCUT2D eigenvalue weighted by Gasteiger charge is 2.16. The molecule has 1 aromatic rings. The summed E-state index contributed by atoms with van der Waals surface area (Å²) in [4.78, 5) is 27.8. The first-order chi connectivity index (χ1) is 23.0. The van der Waals surface area contributed by atoms with E-state index in [2.05, 4.69) is 41.3 Å². The normalized spacial score (nSPS) is 13.3. The Bertz CT molecular complexity index is 1180. The van der Waals surface area contributed by atoms with Crippen LogP contribution in [0.15, 0.2) is 59.6 Å². The van der Waals surface area contributed by atoms with Crippen LogP contribution in [-0.4, -0.2) is 42.5 Å². The summed E-state index contributed by atoms with van der Waals surface area (Å²) in [5.41, 5.74) is 1.75. The molecule has 1 aliphatic rings. The van der Waals surface area contributed by atoms with Crippen molar-refractivity contribution in [3.63, 3.8) is 0 Å². The summed E-state index contributed by atoms with van der Waals surface area (Å²) in [5, 5.41) is 0. The van der Waals surface area contributed by atoms with Gasteiger partial charge < -0.3 is 18.9 Å². The van der Waals surface area contributed by atoms with Crippen LogP contribution in [0.25, 0.3) is 6.08 Å². The summed E-state index contributed by atoms with van der Waals surface area (Å²) >= 11 is 7.76. The van der Waals surface area contributed by atoms with Gasteiger partial charge in [-0.1, -0.05) is 96.3 Å². The third-order valence-electron chi connectivity index (χ3n) is 7.69. The van der Waals surface area contributed by atoms with Gasteiger partial charge >= 0.3 is 0 Å². The Morgan fingerprint density at radius 3 is 2.04 bits per heavy atom. The first-order valence-corrected chi connectivity index (χ1v) is 19.3. The molecular weight excluding hydrogens is 729 g/mol. The molecule has 0 aromatic heterocycles. The molecule has 9 heteroatoms. The lowest BCUT2D eigenvalue weighted by Crippen LogP contribution is -2.12. The van der Waals surface area contributed by atoms with Gasteiger partial charge in [-0.2, -0.15) is 0 Å². The lowest BCUT2D eigenvalue weighted by atomic mass is 10.0. The fourth-order valence-corrected chi connectivity index (χ4v) is 5.45. The number of alkyl halides is 1. The molecule has 1 aromatic carbocycles. The second-order valence-electron chi connectivity index (χ2n) is 11.7. The van der Waals surface area contributed by atoms with Gasteiger partial charge in [0.15, 0.2) is 28.8 Å². The smallest absolute Gasteiger partial charge is 0.163 e. The number of rotatable bonds is 28. The third kappa shape index (κ3) is 18.7. The van der Waals surface area contributed by atoms with Crippen molar-refractivity contribution in [3.05, 3.63) is 65.2 Å². The van der Waals surface area contributed by atoms with Crippen molar-refractivity contribution in [2.75, 3.05) is 31.0 Å². The van der Waals surface area contributed by atoms with Gasteiger partial charge in [0.05, 0.1) is 19.6 Å². The molecule has 0 radical (unpaired) electrons. The van der Waals surface area contributed by atoms with Crippen molar-refractivity contribution in [2.24, 2.45) is 0 Å². The van der Waals surface area contributed by atoms with Gasteiger partial charge in [-0.05, 0) is 95.1 Å². The fraction of sp³-hybridized carbons (Fsp3) is 0.579. The highest BCUT2D eigenvalue weighted by Crippen LogP contribution is 2.30. The number of halogens is 2. The number of ketones is 2. The van der Waals surface area contributed by atoms with Gasteiger partial charge in [0, 0.05) is 13.0 Å². The Morgan fingerprint density at radius 1 is 0.766 bits per heavy atom. The highest BCUT2D eigenvalue weighted by molar-refractivity contribution is 14.1. The van der Waals surface area contributed by atoms with Crippen molar-refractivity contribution >= 4 is 52.0 Å². The summed E-state index contributed by atoms with van der Waals surface area (Å²) in [6.45, 7) is 6.60. The van der Waals surface area contributed by atoms with Crippen molar-refractivity contribution in [2.45, 2.75) is 110 Å². The summed E-state index contributed by atoms with van der Waals surface area (Å²) in [7, 11) is 0. The predicted molar refractivity (Wildman–Crippen MR) is 201 cm³/mol. The molecule has 0 heterocycles. The molecule has 0 atom stereocenters. The molecule has 0 saturated heterocycles. The van der Waals surface area contributed by atoms with Gasteiger partial charge in [0.2, 0.25) is 0 Å². The first kappa shape index (κ1) is 40.9. The van der Waals surface area contributed by atoms with Crippen LogP contribution in [0.4, 0.5) is 0 Å². The monoisotopic (exact) mass is 783 g/mol. The number of carbonyl (C=O) groups is 2. The molecule has 0 amide bonds. The van der Waals surface area contributed by atoms with Crippen LogP contribution in [0.2, 0.25) is 0 Å². The van der Waals surface area contributed by atoms with E-state index in [0.29, 0.717) is 42.5 Å². The van der Waals surface area contributed by atoms with Gasteiger partial charge in [0.1, 0.15) is 17.0 Å². The number of hydrogen-bond donors (Lipinski definition) is 1. The first-order valence-electron chi connectivity index (χ1n) is 17.4. The molecular formula is C38H55ClINO6. The molecule has 0 unspecified atom stereocenters. The number of carbonyl (C=O) groups excluding carboxylic acids is 2. The van der Waals surface area contributed by atoms with E-state index in [1.54, 1.807) is 12.2 Å². The second kappa shape index (κ2) is 26.6. The van der Waals surface area contributed by atoms with E-state index in [-0.39, 0.29) is 18.0 Å². The Balaban J connectivity index is 1.89. The van der Waals surface area contributed by atoms with E-state index in [1.807, 2.05) is 24.3 Å². The minimum atomic E-state index is -0.270. The molecule has 2 rings (SSSR count). The molecule has 262 valence electrons. The van der Waals surface area contributed by atoms with Crippen molar-refractivity contribution < 1.29 is 28.5 Å². The molecule has 0 bridgehead atoms. The molecule has 1 aliphatic carbocycles. The zero-order valence-electron chi connectivity index (χ0n) is 28.5. The maximum atomic E-state index is 12.6. The highest BCUT2D eigenvalue weighted by atomic mass is 127. The Morgan fingerprint density at radius 2 is 1.38 bits per heavy atom. The molecule has 0 saturated carbocycles. The SMILES string of the molecule is CCCCCCCCOC1=C(OCI)C=C(/C=C/C(=O)CC(=O)/C=C/c2ccc(OCCCCCCCC)c(OCCNCl)c2)CC1. The van der Waals surface area contributed by atoms with E-state index in [4.69, 9.17) is 30.7 Å². The largest absolute Gasteiger partial charge is 0.494 e. The number of allylic oxidation sites excluding steroid dienone is 6. The average molecular weight is 784 g/mol. The maximum Gasteiger partial charge on any atom is 0.163 e. The minimum Gasteiger partial charge on any atom is -0.494 e. The molecule has 1 N–H and O–H groups in total. The number of unbranched alkanes of at least 4 members (excludes halogenated alkanes) is 10. The van der Waals surface area contributed by atoms with Crippen LogP contribution in [0.3, 0.4) is 0 Å². The number of benzene rings is 1. The van der Waals surface area contributed by atoms with Crippen molar-refractivity contribution in [1.82, 2.24) is 4.84 Å². The van der Waals surface area contributed by atoms with E-state index in [9.17, 15) is 9.59 Å². The molecule has 0 spiro atoms. The van der Waals surface area contributed by atoms with E-state index >= 15 is 0 Å². The zero-order valence-corrected chi connectivity index (χ0v) is 31.4. The summed E-state index contributed by atoms with van der Waals surface area (Å²) in [6.07, 6.45) is 24.0. The Kier molecular flexibility index (Phi) is 23.2. The topological polar surface area (TPSA) is 83.1 Å². The maximum absolute atomic E-state index is 12.6. The Labute approximate surface area is 301 Å². The van der Waals surface area contributed by atoms with Crippen molar-refractivity contribution in [3.8, 4) is 11.5 Å². The van der Waals surface area contributed by atoms with Crippen LogP contribution in [-0.2, 0) is 19.1 Å². The minimum absolute atomic E-state index is 0.204. The van der Waals surface area contributed by atoms with Crippen LogP contribution >= 0.6 is 34.4 Å². The molecule has 7 nitrogen and oxygen atoms in total. The zero-order chi connectivity index (χ0) is 34.0. The van der Waals surface area contributed by atoms with Gasteiger partial charge in [0.25, 0.3) is 0 Å². The summed E-state index contributed by atoms with van der Waals surface area (Å²) < 4.78 is 24.3. The molecule has 47 heavy (non-hydrogen) atoms. The lowest BCUT2D eigenvalue weighted by Gasteiger charge is -2.19. The third-order valence-corrected chi connectivity index (χ3v) is 8.19. The van der Waals surface area contributed by atoms with Crippen LogP contribution in [0, 0.1) is 0 Å². The fourth-order valence-electron chi connectivity index (χ4n) is 5.04. The quantitative estimate of drug-likeness (QED) is 0.0226. The predicted octanol–water partition coefficient (Wildman–Crippen LogP) is 10.4. The van der Waals surface area contributed by atoms with Crippen LogP contribution < -0.4 is 14.3 Å².